The zero-order chi connectivity index (χ0) is 14.5. The highest BCUT2D eigenvalue weighted by Crippen LogP contribution is 2.25. The van der Waals surface area contributed by atoms with E-state index in [4.69, 9.17) is 0 Å². The van der Waals surface area contributed by atoms with E-state index in [0.717, 1.165) is 0 Å². The van der Waals surface area contributed by atoms with Crippen molar-refractivity contribution in [2.45, 2.75) is 26.7 Å². The van der Waals surface area contributed by atoms with Gasteiger partial charge in [-0.3, -0.25) is 14.4 Å². The van der Waals surface area contributed by atoms with Crippen LogP contribution in [0.1, 0.15) is 37.0 Å². The van der Waals surface area contributed by atoms with Crippen LogP contribution in [0.5, 0.6) is 0 Å². The van der Waals surface area contributed by atoms with Gasteiger partial charge in [-0.1, -0.05) is 13.8 Å². The third-order valence-corrected chi connectivity index (χ3v) is 3.43. The first-order valence-electron chi connectivity index (χ1n) is 6.15. The van der Waals surface area contributed by atoms with Crippen molar-refractivity contribution in [1.82, 2.24) is 10.3 Å². The molecule has 0 radical (unpaired) electrons. The highest BCUT2D eigenvalue weighted by molar-refractivity contribution is 5.94. The molecule has 1 aromatic heterocycles. The Balaban J connectivity index is 2.78. The Kier molecular flexibility index (Phi) is 4.86. The number of hydrogen-bond donors (Lipinski definition) is 3. The Hall–Kier alpha value is -2.11. The van der Waals surface area contributed by atoms with Gasteiger partial charge in [-0.25, -0.2) is 0 Å². The first-order valence-corrected chi connectivity index (χ1v) is 6.15. The van der Waals surface area contributed by atoms with Gasteiger partial charge in [0.1, 0.15) is 0 Å². The molecule has 1 aromatic rings. The summed E-state index contributed by atoms with van der Waals surface area (Å²) in [7, 11) is 0. The number of amides is 1. The number of carbonyl (C=O) groups is 2. The predicted octanol–water partition coefficient (Wildman–Crippen LogP) is 0.996. The first-order chi connectivity index (χ1) is 8.95. The third kappa shape index (κ3) is 3.43. The van der Waals surface area contributed by atoms with Crippen LogP contribution < -0.4 is 10.9 Å². The van der Waals surface area contributed by atoms with Gasteiger partial charge in [0.05, 0.1) is 5.41 Å². The fourth-order valence-electron chi connectivity index (χ4n) is 1.82. The first kappa shape index (κ1) is 14.9. The van der Waals surface area contributed by atoms with Gasteiger partial charge in [-0.15, -0.1) is 0 Å². The lowest BCUT2D eigenvalue weighted by molar-refractivity contribution is -0.149. The summed E-state index contributed by atoms with van der Waals surface area (Å²) in [5, 5.41) is 11.8. The standard InChI is InChI=1S/C13H18N2O4/c1-3-13(4-2,12(18)19)8-15-11(17)9-5-6-14-10(16)7-9/h5-7H,3-4,8H2,1-2H3,(H,14,16)(H,15,17)(H,18,19). The molecule has 1 rings (SSSR count). The molecule has 6 heteroatoms. The Morgan fingerprint density at radius 2 is 2.00 bits per heavy atom. The van der Waals surface area contributed by atoms with Crippen LogP contribution in [0.4, 0.5) is 0 Å². The van der Waals surface area contributed by atoms with Crippen molar-refractivity contribution in [3.05, 3.63) is 34.2 Å². The minimum Gasteiger partial charge on any atom is -0.481 e. The second-order valence-corrected chi connectivity index (χ2v) is 4.42. The average Bonchev–Trinajstić information content (AvgIpc) is 2.40. The van der Waals surface area contributed by atoms with Crippen LogP contribution in [0.15, 0.2) is 23.1 Å². The molecule has 0 saturated heterocycles. The zero-order valence-electron chi connectivity index (χ0n) is 11.0. The quantitative estimate of drug-likeness (QED) is 0.715. The number of aromatic amines is 1. The molecule has 0 spiro atoms. The molecule has 1 amide bonds. The van der Waals surface area contributed by atoms with Crippen LogP contribution in [-0.4, -0.2) is 28.5 Å². The van der Waals surface area contributed by atoms with Crippen molar-refractivity contribution in [2.75, 3.05) is 6.54 Å². The number of H-pyrrole nitrogens is 1. The van der Waals surface area contributed by atoms with E-state index in [9.17, 15) is 19.5 Å². The maximum absolute atomic E-state index is 11.8. The number of carboxylic acid groups (broad SMARTS) is 1. The summed E-state index contributed by atoms with van der Waals surface area (Å²) in [5.41, 5.74) is -1.12. The van der Waals surface area contributed by atoms with Gasteiger partial charge in [0, 0.05) is 24.4 Å². The van der Waals surface area contributed by atoms with E-state index in [2.05, 4.69) is 10.3 Å². The molecule has 0 aliphatic carbocycles. The summed E-state index contributed by atoms with van der Waals surface area (Å²) in [6.07, 6.45) is 2.23. The molecular formula is C13H18N2O4. The fourth-order valence-corrected chi connectivity index (χ4v) is 1.82. The van der Waals surface area contributed by atoms with Gasteiger partial charge in [0.25, 0.3) is 5.91 Å². The lowest BCUT2D eigenvalue weighted by atomic mass is 9.82. The molecular weight excluding hydrogens is 248 g/mol. The zero-order valence-corrected chi connectivity index (χ0v) is 11.0. The molecule has 0 aliphatic heterocycles. The normalized spacial score (nSPS) is 11.1. The van der Waals surface area contributed by atoms with Gasteiger partial charge < -0.3 is 15.4 Å². The minimum absolute atomic E-state index is 0.0426. The number of nitrogens with one attached hydrogen (secondary N) is 2. The molecule has 1 heterocycles. The van der Waals surface area contributed by atoms with Gasteiger partial charge in [0.2, 0.25) is 5.56 Å². The van der Waals surface area contributed by atoms with E-state index in [1.165, 1.54) is 18.3 Å². The second-order valence-electron chi connectivity index (χ2n) is 4.42. The van der Waals surface area contributed by atoms with Crippen LogP contribution in [-0.2, 0) is 4.79 Å². The maximum atomic E-state index is 11.8. The molecule has 19 heavy (non-hydrogen) atoms. The molecule has 0 fully saturated rings. The smallest absolute Gasteiger partial charge is 0.311 e. The van der Waals surface area contributed by atoms with Crippen LogP contribution in [0.2, 0.25) is 0 Å². The van der Waals surface area contributed by atoms with Crippen LogP contribution in [0, 0.1) is 5.41 Å². The predicted molar refractivity (Wildman–Crippen MR) is 70.0 cm³/mol. The fraction of sp³-hybridized carbons (Fsp3) is 0.462. The molecule has 0 atom stereocenters. The Bertz CT molecular complexity index is 517. The third-order valence-electron chi connectivity index (χ3n) is 3.43. The summed E-state index contributed by atoms with van der Waals surface area (Å²) < 4.78 is 0. The van der Waals surface area contributed by atoms with Gasteiger partial charge in [-0.05, 0) is 18.9 Å². The van der Waals surface area contributed by atoms with Crippen molar-refractivity contribution in [3.63, 3.8) is 0 Å². The van der Waals surface area contributed by atoms with E-state index in [1.807, 2.05) is 0 Å². The maximum Gasteiger partial charge on any atom is 0.311 e. The molecule has 0 saturated carbocycles. The van der Waals surface area contributed by atoms with E-state index in [0.29, 0.717) is 12.8 Å². The lowest BCUT2D eigenvalue weighted by Crippen LogP contribution is -2.42. The average molecular weight is 266 g/mol. The molecule has 6 nitrogen and oxygen atoms in total. The summed E-state index contributed by atoms with van der Waals surface area (Å²) in [4.78, 5) is 36.6. The molecule has 0 unspecified atom stereocenters. The van der Waals surface area contributed by atoms with Crippen molar-refractivity contribution in [3.8, 4) is 0 Å². The van der Waals surface area contributed by atoms with Crippen LogP contribution in [0.25, 0.3) is 0 Å². The van der Waals surface area contributed by atoms with Crippen molar-refractivity contribution in [1.29, 1.82) is 0 Å². The van der Waals surface area contributed by atoms with E-state index < -0.39 is 17.3 Å². The second kappa shape index (κ2) is 6.17. The highest BCUT2D eigenvalue weighted by atomic mass is 16.4. The van der Waals surface area contributed by atoms with Crippen molar-refractivity contribution in [2.24, 2.45) is 5.41 Å². The largest absolute Gasteiger partial charge is 0.481 e. The number of aliphatic carboxylic acids is 1. The highest BCUT2D eigenvalue weighted by Gasteiger charge is 2.35. The monoisotopic (exact) mass is 266 g/mol. The summed E-state index contributed by atoms with van der Waals surface area (Å²) in [5.74, 6) is -1.37. The number of carbonyl (C=O) groups excluding carboxylic acids is 1. The number of pyridine rings is 1. The Labute approximate surface area is 110 Å². The number of rotatable bonds is 6. The SMILES string of the molecule is CCC(CC)(CNC(=O)c1cc[nH]c(=O)c1)C(=O)O. The van der Waals surface area contributed by atoms with Crippen LogP contribution in [0.3, 0.4) is 0 Å². The Morgan fingerprint density at radius 3 is 2.47 bits per heavy atom. The molecule has 0 aliphatic rings. The van der Waals surface area contributed by atoms with Gasteiger partial charge in [-0.2, -0.15) is 0 Å². The van der Waals surface area contributed by atoms with Crippen molar-refractivity contribution < 1.29 is 14.7 Å². The molecule has 104 valence electrons. The minimum atomic E-state index is -0.961. The molecule has 0 bridgehead atoms. The number of aromatic nitrogens is 1. The molecule has 0 aromatic carbocycles. The number of hydrogen-bond acceptors (Lipinski definition) is 3. The Morgan fingerprint density at radius 1 is 1.37 bits per heavy atom. The van der Waals surface area contributed by atoms with E-state index in [1.54, 1.807) is 13.8 Å². The van der Waals surface area contributed by atoms with Gasteiger partial charge in [0.15, 0.2) is 0 Å². The van der Waals surface area contributed by atoms with E-state index >= 15 is 0 Å². The lowest BCUT2D eigenvalue weighted by Gasteiger charge is -2.26. The van der Waals surface area contributed by atoms with Gasteiger partial charge >= 0.3 is 5.97 Å². The molecule has 3 N–H and O–H groups in total. The summed E-state index contributed by atoms with van der Waals surface area (Å²) >= 11 is 0. The summed E-state index contributed by atoms with van der Waals surface area (Å²) in [6.45, 7) is 3.59. The van der Waals surface area contributed by atoms with Crippen molar-refractivity contribution >= 4 is 11.9 Å². The topological polar surface area (TPSA) is 99.3 Å². The number of carboxylic acids is 1. The van der Waals surface area contributed by atoms with E-state index in [-0.39, 0.29) is 17.7 Å². The summed E-state index contributed by atoms with van der Waals surface area (Å²) in [6, 6.07) is 2.65. The van der Waals surface area contributed by atoms with Crippen LogP contribution >= 0.6 is 0 Å².